The predicted octanol–water partition coefficient (Wildman–Crippen LogP) is 0.445. The first kappa shape index (κ1) is 9.55. The molecule has 0 aliphatic heterocycles. The summed E-state index contributed by atoms with van der Waals surface area (Å²) in [7, 11) is 2.77. The number of hydrogen-bond acceptors (Lipinski definition) is 4. The standard InChI is InChI=1S/C7H10N2O2/c1-4-9-5-6(8-2)7(10)11-3/h4-5H,1H2,2-3H3. The Kier molecular flexibility index (Phi) is 4.64. The summed E-state index contributed by atoms with van der Waals surface area (Å²) in [5.74, 6) is -0.502. The Morgan fingerprint density at radius 2 is 2.27 bits per heavy atom. The largest absolute Gasteiger partial charge is 0.464 e. The van der Waals surface area contributed by atoms with Crippen LogP contribution in [0.1, 0.15) is 0 Å². The molecule has 0 aromatic heterocycles. The summed E-state index contributed by atoms with van der Waals surface area (Å²) in [5.41, 5.74) is 0.174. The second-order valence-electron chi connectivity index (χ2n) is 1.56. The summed E-state index contributed by atoms with van der Waals surface area (Å²) >= 11 is 0. The van der Waals surface area contributed by atoms with Crippen molar-refractivity contribution in [2.24, 2.45) is 9.98 Å². The van der Waals surface area contributed by atoms with Crippen molar-refractivity contribution in [2.75, 3.05) is 14.2 Å². The molecule has 0 atom stereocenters. The summed E-state index contributed by atoms with van der Waals surface area (Å²) < 4.78 is 4.41. The van der Waals surface area contributed by atoms with E-state index in [1.54, 1.807) is 0 Å². The number of nitrogens with zero attached hydrogens (tertiary/aromatic N) is 2. The Morgan fingerprint density at radius 3 is 2.64 bits per heavy atom. The van der Waals surface area contributed by atoms with E-state index in [9.17, 15) is 4.79 Å². The van der Waals surface area contributed by atoms with Crippen molar-refractivity contribution in [2.45, 2.75) is 0 Å². The van der Waals surface area contributed by atoms with Crippen molar-refractivity contribution in [3.8, 4) is 0 Å². The molecule has 0 unspecified atom stereocenters. The minimum atomic E-state index is -0.502. The maximum Gasteiger partial charge on any atom is 0.357 e. The highest BCUT2D eigenvalue weighted by Gasteiger charge is 2.05. The average Bonchev–Trinajstić information content (AvgIpc) is 2.05. The number of rotatable bonds is 3. The highest BCUT2D eigenvalue weighted by Crippen LogP contribution is 1.79. The van der Waals surface area contributed by atoms with E-state index in [4.69, 9.17) is 0 Å². The number of aliphatic imine (C=N–C) groups is 2. The van der Waals surface area contributed by atoms with Gasteiger partial charge in [0.05, 0.1) is 13.3 Å². The van der Waals surface area contributed by atoms with Crippen molar-refractivity contribution < 1.29 is 9.53 Å². The summed E-state index contributed by atoms with van der Waals surface area (Å²) in [6.07, 6.45) is 2.60. The van der Waals surface area contributed by atoms with Crippen LogP contribution in [-0.4, -0.2) is 32.1 Å². The van der Waals surface area contributed by atoms with Gasteiger partial charge in [0.1, 0.15) is 0 Å². The highest BCUT2D eigenvalue weighted by molar-refractivity contribution is 6.59. The fraction of sp³-hybridized carbons (Fsp3) is 0.286. The lowest BCUT2D eigenvalue weighted by molar-refractivity contribution is -0.132. The first-order chi connectivity index (χ1) is 5.26. The molecule has 0 aliphatic carbocycles. The van der Waals surface area contributed by atoms with Gasteiger partial charge in [0.2, 0.25) is 0 Å². The van der Waals surface area contributed by atoms with Crippen LogP contribution in [0.5, 0.6) is 0 Å². The second kappa shape index (κ2) is 5.34. The minimum absolute atomic E-state index is 0.174. The Bertz CT molecular complexity index is 206. The van der Waals surface area contributed by atoms with Crippen LogP contribution in [0.4, 0.5) is 0 Å². The van der Waals surface area contributed by atoms with Crippen molar-refractivity contribution in [3.05, 3.63) is 12.8 Å². The van der Waals surface area contributed by atoms with Gasteiger partial charge in [0, 0.05) is 13.2 Å². The highest BCUT2D eigenvalue weighted by atomic mass is 16.5. The van der Waals surface area contributed by atoms with Crippen LogP contribution in [0.15, 0.2) is 22.8 Å². The van der Waals surface area contributed by atoms with Crippen LogP contribution >= 0.6 is 0 Å². The minimum Gasteiger partial charge on any atom is -0.464 e. The molecule has 0 spiro atoms. The molecule has 0 aromatic carbocycles. The van der Waals surface area contributed by atoms with E-state index in [2.05, 4.69) is 21.3 Å². The molecule has 0 saturated heterocycles. The number of hydrogen-bond donors (Lipinski definition) is 0. The fourth-order valence-corrected chi connectivity index (χ4v) is 0.430. The van der Waals surface area contributed by atoms with Gasteiger partial charge in [0.25, 0.3) is 0 Å². The normalized spacial score (nSPS) is 11.6. The smallest absolute Gasteiger partial charge is 0.357 e. The summed E-state index contributed by atoms with van der Waals surface area (Å²) in [5, 5.41) is 0. The molecular formula is C7H10N2O2. The zero-order valence-electron chi connectivity index (χ0n) is 6.57. The molecule has 0 saturated carbocycles. The zero-order chi connectivity index (χ0) is 8.69. The quantitative estimate of drug-likeness (QED) is 0.437. The fourth-order valence-electron chi connectivity index (χ4n) is 0.430. The third kappa shape index (κ3) is 3.30. The zero-order valence-corrected chi connectivity index (χ0v) is 6.57. The lowest BCUT2D eigenvalue weighted by Crippen LogP contribution is -2.16. The molecule has 11 heavy (non-hydrogen) atoms. The van der Waals surface area contributed by atoms with Gasteiger partial charge < -0.3 is 4.74 Å². The van der Waals surface area contributed by atoms with E-state index in [1.165, 1.54) is 26.6 Å². The number of methoxy groups -OCH3 is 1. The molecular weight excluding hydrogens is 144 g/mol. The molecule has 0 fully saturated rings. The molecule has 4 nitrogen and oxygen atoms in total. The Hall–Kier alpha value is -1.45. The van der Waals surface area contributed by atoms with Crippen molar-refractivity contribution in [3.63, 3.8) is 0 Å². The third-order valence-corrected chi connectivity index (χ3v) is 0.938. The van der Waals surface area contributed by atoms with E-state index in [1.807, 2.05) is 0 Å². The van der Waals surface area contributed by atoms with Crippen LogP contribution < -0.4 is 0 Å². The SMILES string of the molecule is C=CN=CC(=NC)C(=O)OC. The Labute approximate surface area is 65.3 Å². The van der Waals surface area contributed by atoms with E-state index in [-0.39, 0.29) is 5.71 Å². The van der Waals surface area contributed by atoms with Gasteiger partial charge in [-0.05, 0) is 0 Å². The summed E-state index contributed by atoms with van der Waals surface area (Å²) in [6.45, 7) is 3.35. The van der Waals surface area contributed by atoms with Gasteiger partial charge in [-0.3, -0.25) is 9.98 Å². The molecule has 0 bridgehead atoms. The lowest BCUT2D eigenvalue weighted by Gasteiger charge is -1.94. The maximum atomic E-state index is 10.8. The second-order valence-corrected chi connectivity index (χ2v) is 1.56. The topological polar surface area (TPSA) is 51.0 Å². The lowest BCUT2D eigenvalue weighted by atomic mass is 10.4. The first-order valence-electron chi connectivity index (χ1n) is 2.95. The number of carbonyl (C=O) groups excluding carboxylic acids is 1. The third-order valence-electron chi connectivity index (χ3n) is 0.938. The molecule has 60 valence electrons. The van der Waals surface area contributed by atoms with Crippen molar-refractivity contribution >= 4 is 17.9 Å². The van der Waals surface area contributed by atoms with Crippen LogP contribution in [0.3, 0.4) is 0 Å². The first-order valence-corrected chi connectivity index (χ1v) is 2.95. The Morgan fingerprint density at radius 1 is 1.64 bits per heavy atom. The molecule has 0 aliphatic rings. The van der Waals surface area contributed by atoms with Gasteiger partial charge in [-0.2, -0.15) is 0 Å². The van der Waals surface area contributed by atoms with Crippen molar-refractivity contribution in [1.82, 2.24) is 0 Å². The molecule has 0 aromatic rings. The maximum absolute atomic E-state index is 10.8. The van der Waals surface area contributed by atoms with Crippen LogP contribution in [0, 0.1) is 0 Å². The van der Waals surface area contributed by atoms with E-state index >= 15 is 0 Å². The molecule has 0 N–H and O–H groups in total. The van der Waals surface area contributed by atoms with Gasteiger partial charge >= 0.3 is 5.97 Å². The summed E-state index contributed by atoms with van der Waals surface area (Å²) in [4.78, 5) is 18.0. The van der Waals surface area contributed by atoms with Crippen LogP contribution in [0.2, 0.25) is 0 Å². The number of ether oxygens (including phenoxy) is 1. The van der Waals surface area contributed by atoms with Crippen LogP contribution in [0.25, 0.3) is 0 Å². The van der Waals surface area contributed by atoms with Crippen molar-refractivity contribution in [1.29, 1.82) is 0 Å². The van der Waals surface area contributed by atoms with E-state index in [0.29, 0.717) is 0 Å². The van der Waals surface area contributed by atoms with E-state index < -0.39 is 5.97 Å². The summed E-state index contributed by atoms with van der Waals surface area (Å²) in [6, 6.07) is 0. The number of esters is 1. The number of carbonyl (C=O) groups is 1. The van der Waals surface area contributed by atoms with Gasteiger partial charge in [0.15, 0.2) is 5.71 Å². The molecule has 0 heterocycles. The monoisotopic (exact) mass is 154 g/mol. The molecule has 0 amide bonds. The van der Waals surface area contributed by atoms with Gasteiger partial charge in [-0.25, -0.2) is 4.79 Å². The van der Waals surface area contributed by atoms with Gasteiger partial charge in [-0.15, -0.1) is 0 Å². The van der Waals surface area contributed by atoms with E-state index in [0.717, 1.165) is 0 Å². The molecule has 0 rings (SSSR count). The molecule has 4 heteroatoms. The Balaban J connectivity index is 4.31. The van der Waals surface area contributed by atoms with Crippen LogP contribution in [-0.2, 0) is 9.53 Å². The average molecular weight is 154 g/mol. The van der Waals surface area contributed by atoms with Gasteiger partial charge in [-0.1, -0.05) is 6.58 Å². The molecule has 0 radical (unpaired) electrons. The predicted molar refractivity (Wildman–Crippen MR) is 44.1 cm³/mol.